The van der Waals surface area contributed by atoms with Crippen LogP contribution in [0.15, 0.2) is 30.3 Å². The molecule has 3 nitrogen and oxygen atoms in total. The lowest BCUT2D eigenvalue weighted by Gasteiger charge is -2.35. The van der Waals surface area contributed by atoms with E-state index >= 15 is 0 Å². The lowest BCUT2D eigenvalue weighted by Crippen LogP contribution is -2.42. The number of benzene rings is 1. The number of carbonyl (C=O) groups is 1. The summed E-state index contributed by atoms with van der Waals surface area (Å²) in [6, 6.07) is 10.1. The van der Waals surface area contributed by atoms with Crippen LogP contribution in [0.3, 0.4) is 0 Å². The lowest BCUT2D eigenvalue weighted by atomic mass is 9.91. The van der Waals surface area contributed by atoms with E-state index in [9.17, 15) is 4.79 Å². The van der Waals surface area contributed by atoms with Gasteiger partial charge in [0.05, 0.1) is 5.92 Å². The van der Waals surface area contributed by atoms with E-state index in [0.717, 1.165) is 44.3 Å². The number of likely N-dealkylation sites (tertiary alicyclic amines) is 1. The van der Waals surface area contributed by atoms with Crippen molar-refractivity contribution in [3.63, 3.8) is 0 Å². The van der Waals surface area contributed by atoms with Gasteiger partial charge < -0.3 is 10.0 Å². The molecule has 0 spiro atoms. The van der Waals surface area contributed by atoms with Gasteiger partial charge >= 0.3 is 0 Å². The predicted octanol–water partition coefficient (Wildman–Crippen LogP) is 2.80. The fraction of sp³-hybridized carbons (Fsp3) is 0.588. The second-order valence-corrected chi connectivity index (χ2v) is 5.68. The minimum Gasteiger partial charge on any atom is -0.396 e. The highest BCUT2D eigenvalue weighted by molar-refractivity contribution is 5.83. The van der Waals surface area contributed by atoms with Crippen molar-refractivity contribution in [3.8, 4) is 0 Å². The van der Waals surface area contributed by atoms with Gasteiger partial charge in [-0.3, -0.25) is 4.79 Å². The maximum Gasteiger partial charge on any atom is 0.230 e. The number of amides is 1. The molecule has 1 saturated heterocycles. The molecule has 1 heterocycles. The molecule has 2 unspecified atom stereocenters. The van der Waals surface area contributed by atoms with E-state index in [1.54, 1.807) is 0 Å². The van der Waals surface area contributed by atoms with Crippen molar-refractivity contribution in [1.29, 1.82) is 0 Å². The van der Waals surface area contributed by atoms with Crippen LogP contribution < -0.4 is 0 Å². The highest BCUT2D eigenvalue weighted by Gasteiger charge is 2.28. The maximum atomic E-state index is 12.7. The molecule has 1 aliphatic rings. The van der Waals surface area contributed by atoms with Crippen molar-refractivity contribution >= 4 is 5.91 Å². The Morgan fingerprint density at radius 3 is 2.80 bits per heavy atom. The first kappa shape index (κ1) is 15.0. The maximum absolute atomic E-state index is 12.7. The van der Waals surface area contributed by atoms with Gasteiger partial charge in [0.1, 0.15) is 0 Å². The second-order valence-electron chi connectivity index (χ2n) is 5.68. The van der Waals surface area contributed by atoms with E-state index in [1.165, 1.54) is 0 Å². The van der Waals surface area contributed by atoms with Gasteiger partial charge in [-0.2, -0.15) is 0 Å². The number of carbonyl (C=O) groups excluding carboxylic acids is 1. The molecule has 1 N–H and O–H groups in total. The van der Waals surface area contributed by atoms with Crippen molar-refractivity contribution in [1.82, 2.24) is 4.90 Å². The predicted molar refractivity (Wildman–Crippen MR) is 80.5 cm³/mol. The second kappa shape index (κ2) is 7.44. The van der Waals surface area contributed by atoms with E-state index in [-0.39, 0.29) is 18.4 Å². The first-order chi connectivity index (χ1) is 9.76. The van der Waals surface area contributed by atoms with Crippen LogP contribution in [0.2, 0.25) is 0 Å². The smallest absolute Gasteiger partial charge is 0.230 e. The highest BCUT2D eigenvalue weighted by Crippen LogP contribution is 2.26. The molecule has 2 rings (SSSR count). The average Bonchev–Trinajstić information content (AvgIpc) is 2.50. The van der Waals surface area contributed by atoms with Gasteiger partial charge in [-0.25, -0.2) is 0 Å². The molecule has 3 heteroatoms. The number of rotatable bonds is 5. The van der Waals surface area contributed by atoms with Gasteiger partial charge in [0.25, 0.3) is 0 Å². The SMILES string of the molecule is CCC(C(=O)N1CCCC(CCO)C1)c1ccccc1. The van der Waals surface area contributed by atoms with Crippen LogP contribution in [0.25, 0.3) is 0 Å². The first-order valence-corrected chi connectivity index (χ1v) is 7.70. The molecular weight excluding hydrogens is 250 g/mol. The Morgan fingerprint density at radius 1 is 1.40 bits per heavy atom. The van der Waals surface area contributed by atoms with Gasteiger partial charge in [-0.15, -0.1) is 0 Å². The van der Waals surface area contributed by atoms with Gasteiger partial charge in [0, 0.05) is 19.7 Å². The number of hydrogen-bond acceptors (Lipinski definition) is 2. The van der Waals surface area contributed by atoms with E-state index in [2.05, 4.69) is 6.92 Å². The zero-order valence-corrected chi connectivity index (χ0v) is 12.3. The largest absolute Gasteiger partial charge is 0.396 e. The summed E-state index contributed by atoms with van der Waals surface area (Å²) in [7, 11) is 0. The molecule has 0 saturated carbocycles. The number of aliphatic hydroxyl groups excluding tert-OH is 1. The summed E-state index contributed by atoms with van der Waals surface area (Å²) < 4.78 is 0. The van der Waals surface area contributed by atoms with Gasteiger partial charge in [-0.1, -0.05) is 37.3 Å². The summed E-state index contributed by atoms with van der Waals surface area (Å²) in [5.74, 6) is 0.691. The van der Waals surface area contributed by atoms with Gasteiger partial charge in [-0.05, 0) is 37.2 Å². The van der Waals surface area contributed by atoms with E-state index in [1.807, 2.05) is 35.2 Å². The summed E-state index contributed by atoms with van der Waals surface area (Å²) >= 11 is 0. The topological polar surface area (TPSA) is 40.5 Å². The molecule has 0 aliphatic carbocycles. The van der Waals surface area contributed by atoms with Crippen LogP contribution in [0, 0.1) is 5.92 Å². The molecule has 1 fully saturated rings. The van der Waals surface area contributed by atoms with E-state index in [4.69, 9.17) is 5.11 Å². The van der Waals surface area contributed by atoms with Crippen LogP contribution in [-0.2, 0) is 4.79 Å². The van der Waals surface area contributed by atoms with Crippen molar-refractivity contribution in [2.24, 2.45) is 5.92 Å². The molecule has 1 aromatic rings. The van der Waals surface area contributed by atoms with Gasteiger partial charge in [0.15, 0.2) is 0 Å². The Hall–Kier alpha value is -1.35. The summed E-state index contributed by atoms with van der Waals surface area (Å²) in [6.07, 6.45) is 3.84. The van der Waals surface area contributed by atoms with Crippen LogP contribution >= 0.6 is 0 Å². The monoisotopic (exact) mass is 275 g/mol. The van der Waals surface area contributed by atoms with Crippen molar-refractivity contribution < 1.29 is 9.90 Å². The number of hydrogen-bond donors (Lipinski definition) is 1. The Kier molecular flexibility index (Phi) is 5.60. The third-order valence-corrected chi connectivity index (χ3v) is 4.28. The molecule has 20 heavy (non-hydrogen) atoms. The van der Waals surface area contributed by atoms with Crippen LogP contribution in [0.1, 0.15) is 44.1 Å². The molecular formula is C17H25NO2. The molecule has 0 bridgehead atoms. The summed E-state index contributed by atoms with van der Waals surface area (Å²) in [4.78, 5) is 14.7. The Labute approximate surface area is 121 Å². The molecule has 1 aromatic carbocycles. The van der Waals surface area contributed by atoms with Crippen molar-refractivity contribution in [3.05, 3.63) is 35.9 Å². The third-order valence-electron chi connectivity index (χ3n) is 4.28. The third kappa shape index (κ3) is 3.60. The Bertz CT molecular complexity index is 416. The standard InChI is InChI=1S/C17H25NO2/c1-2-16(15-8-4-3-5-9-15)17(20)18-11-6-7-14(13-18)10-12-19/h3-5,8-9,14,16,19H,2,6-7,10-13H2,1H3. The number of aliphatic hydroxyl groups is 1. The molecule has 0 aromatic heterocycles. The summed E-state index contributed by atoms with van der Waals surface area (Å²) in [6.45, 7) is 3.97. The number of nitrogens with zero attached hydrogens (tertiary/aromatic N) is 1. The molecule has 2 atom stereocenters. The molecule has 1 amide bonds. The van der Waals surface area contributed by atoms with Crippen LogP contribution in [0.4, 0.5) is 0 Å². The zero-order chi connectivity index (χ0) is 14.4. The summed E-state index contributed by atoms with van der Waals surface area (Å²) in [5, 5.41) is 9.07. The van der Waals surface area contributed by atoms with E-state index in [0.29, 0.717) is 5.92 Å². The van der Waals surface area contributed by atoms with Crippen LogP contribution in [0.5, 0.6) is 0 Å². The highest BCUT2D eigenvalue weighted by atomic mass is 16.3. The fourth-order valence-electron chi connectivity index (χ4n) is 3.14. The quantitative estimate of drug-likeness (QED) is 0.897. The minimum atomic E-state index is -0.0240. The first-order valence-electron chi connectivity index (χ1n) is 7.70. The molecule has 0 radical (unpaired) electrons. The lowest BCUT2D eigenvalue weighted by molar-refractivity contribution is -0.134. The zero-order valence-electron chi connectivity index (χ0n) is 12.3. The molecule has 110 valence electrons. The van der Waals surface area contributed by atoms with Crippen molar-refractivity contribution in [2.45, 2.75) is 38.5 Å². The normalized spacial score (nSPS) is 20.7. The Balaban J connectivity index is 2.05. The number of piperidine rings is 1. The molecule has 1 aliphatic heterocycles. The Morgan fingerprint density at radius 2 is 2.15 bits per heavy atom. The minimum absolute atomic E-state index is 0.0240. The van der Waals surface area contributed by atoms with Gasteiger partial charge in [0.2, 0.25) is 5.91 Å². The van der Waals surface area contributed by atoms with Crippen LogP contribution in [-0.4, -0.2) is 35.6 Å². The summed E-state index contributed by atoms with van der Waals surface area (Å²) in [5.41, 5.74) is 1.12. The average molecular weight is 275 g/mol. The van der Waals surface area contributed by atoms with E-state index < -0.39 is 0 Å². The van der Waals surface area contributed by atoms with Crippen molar-refractivity contribution in [2.75, 3.05) is 19.7 Å². The fourth-order valence-corrected chi connectivity index (χ4v) is 3.14.